The van der Waals surface area contributed by atoms with Crippen molar-refractivity contribution in [3.05, 3.63) is 51.8 Å². The summed E-state index contributed by atoms with van der Waals surface area (Å²) in [7, 11) is 1.94. The van der Waals surface area contributed by atoms with Crippen molar-refractivity contribution >= 4 is 34.6 Å². The summed E-state index contributed by atoms with van der Waals surface area (Å²) >= 11 is 12.0. The molecule has 0 spiro atoms. The van der Waals surface area contributed by atoms with Crippen LogP contribution in [0.1, 0.15) is 11.4 Å². The molecule has 0 unspecified atom stereocenters. The lowest BCUT2D eigenvalue weighted by molar-refractivity contribution is 0.878. The van der Waals surface area contributed by atoms with Crippen LogP contribution >= 0.6 is 23.2 Å². The normalized spacial score (nSPS) is 10.5. The molecule has 0 amide bonds. The number of hydrogen-bond donors (Lipinski definition) is 1. The topological polar surface area (TPSA) is 42.1 Å². The summed E-state index contributed by atoms with van der Waals surface area (Å²) < 4.78 is 0. The number of hydrogen-bond acceptors (Lipinski definition) is 3. The molecule has 0 saturated carbocycles. The summed E-state index contributed by atoms with van der Waals surface area (Å²) in [5, 5.41) is 0.958. The monoisotopic (exact) mass is 295 g/mol. The molecule has 3 nitrogen and oxygen atoms in total. The minimum absolute atomic E-state index is 0.463. The highest BCUT2D eigenvalue weighted by Crippen LogP contribution is 2.33. The first kappa shape index (κ1) is 14.0. The number of pyridine rings is 1. The van der Waals surface area contributed by atoms with Gasteiger partial charge in [-0.25, -0.2) is 0 Å². The summed E-state index contributed by atoms with van der Waals surface area (Å²) in [4.78, 5) is 6.47. The number of halogens is 2. The van der Waals surface area contributed by atoms with E-state index >= 15 is 0 Å². The van der Waals surface area contributed by atoms with Crippen molar-refractivity contribution in [3.63, 3.8) is 0 Å². The van der Waals surface area contributed by atoms with Gasteiger partial charge in [0.05, 0.1) is 33.7 Å². The van der Waals surface area contributed by atoms with Gasteiger partial charge < -0.3 is 10.6 Å². The molecular formula is C14H15Cl2N3. The van der Waals surface area contributed by atoms with Crippen molar-refractivity contribution < 1.29 is 0 Å². The van der Waals surface area contributed by atoms with E-state index in [1.54, 1.807) is 12.1 Å². The number of aryl methyl sites for hydroxylation is 1. The second-order valence-electron chi connectivity index (χ2n) is 4.45. The molecule has 2 aromatic rings. The lowest BCUT2D eigenvalue weighted by atomic mass is 10.2. The first-order chi connectivity index (χ1) is 8.97. The number of rotatable bonds is 3. The van der Waals surface area contributed by atoms with E-state index in [9.17, 15) is 0 Å². The quantitative estimate of drug-likeness (QED) is 0.873. The number of nitrogen functional groups attached to an aromatic ring is 1. The van der Waals surface area contributed by atoms with E-state index in [1.807, 2.05) is 37.1 Å². The Kier molecular flexibility index (Phi) is 4.17. The van der Waals surface area contributed by atoms with Crippen molar-refractivity contribution in [3.8, 4) is 0 Å². The first-order valence-electron chi connectivity index (χ1n) is 5.85. The Morgan fingerprint density at radius 3 is 2.58 bits per heavy atom. The van der Waals surface area contributed by atoms with Crippen LogP contribution in [-0.2, 0) is 6.54 Å². The fraction of sp³-hybridized carbons (Fsp3) is 0.214. The molecule has 100 valence electrons. The van der Waals surface area contributed by atoms with E-state index < -0.39 is 0 Å². The van der Waals surface area contributed by atoms with Gasteiger partial charge in [0, 0.05) is 12.7 Å². The fourth-order valence-corrected chi connectivity index (χ4v) is 2.23. The highest BCUT2D eigenvalue weighted by molar-refractivity contribution is 6.42. The van der Waals surface area contributed by atoms with Crippen LogP contribution in [0.25, 0.3) is 0 Å². The Balaban J connectivity index is 2.25. The molecule has 1 aromatic heterocycles. The Morgan fingerprint density at radius 1 is 1.21 bits per heavy atom. The molecule has 0 saturated heterocycles. The highest BCUT2D eigenvalue weighted by Gasteiger charge is 2.10. The molecular weight excluding hydrogens is 281 g/mol. The number of aromatic nitrogens is 1. The highest BCUT2D eigenvalue weighted by atomic mass is 35.5. The third-order valence-corrected chi connectivity index (χ3v) is 3.55. The van der Waals surface area contributed by atoms with Crippen LogP contribution in [0.5, 0.6) is 0 Å². The van der Waals surface area contributed by atoms with Gasteiger partial charge >= 0.3 is 0 Å². The average molecular weight is 296 g/mol. The smallest absolute Gasteiger partial charge is 0.0616 e. The molecule has 0 fully saturated rings. The van der Waals surface area contributed by atoms with Crippen LogP contribution in [0.2, 0.25) is 10.0 Å². The lowest BCUT2D eigenvalue weighted by Gasteiger charge is -2.21. The van der Waals surface area contributed by atoms with Crippen molar-refractivity contribution in [2.45, 2.75) is 13.5 Å². The van der Waals surface area contributed by atoms with Crippen LogP contribution in [-0.4, -0.2) is 12.0 Å². The van der Waals surface area contributed by atoms with E-state index in [-0.39, 0.29) is 0 Å². The van der Waals surface area contributed by atoms with Crippen molar-refractivity contribution in [1.82, 2.24) is 4.98 Å². The van der Waals surface area contributed by atoms with Gasteiger partial charge in [0.25, 0.3) is 0 Å². The summed E-state index contributed by atoms with van der Waals surface area (Å²) in [6.07, 6.45) is 0. The van der Waals surface area contributed by atoms with E-state index in [0.29, 0.717) is 22.3 Å². The van der Waals surface area contributed by atoms with Crippen molar-refractivity contribution in [1.29, 1.82) is 0 Å². The summed E-state index contributed by atoms with van der Waals surface area (Å²) in [5.41, 5.74) is 9.39. The zero-order chi connectivity index (χ0) is 14.0. The van der Waals surface area contributed by atoms with Gasteiger partial charge in [0.2, 0.25) is 0 Å². The van der Waals surface area contributed by atoms with Gasteiger partial charge in [-0.3, -0.25) is 4.98 Å². The first-order valence-corrected chi connectivity index (χ1v) is 6.61. The van der Waals surface area contributed by atoms with Gasteiger partial charge in [0.1, 0.15) is 0 Å². The molecule has 5 heteroatoms. The molecule has 0 aliphatic carbocycles. The summed E-state index contributed by atoms with van der Waals surface area (Å²) in [6, 6.07) is 9.38. The Hall–Kier alpha value is -1.45. The van der Waals surface area contributed by atoms with Crippen LogP contribution in [0.4, 0.5) is 11.4 Å². The van der Waals surface area contributed by atoms with Gasteiger partial charge in [-0.15, -0.1) is 0 Å². The second kappa shape index (κ2) is 5.68. The average Bonchev–Trinajstić information content (AvgIpc) is 2.33. The summed E-state index contributed by atoms with van der Waals surface area (Å²) in [6.45, 7) is 2.63. The SMILES string of the molecule is Cc1cccc(CN(C)c2cc(Cl)c(Cl)cc2N)n1. The van der Waals surface area contributed by atoms with Crippen LogP contribution in [0, 0.1) is 6.92 Å². The van der Waals surface area contributed by atoms with E-state index in [2.05, 4.69) is 4.98 Å². The number of benzene rings is 1. The lowest BCUT2D eigenvalue weighted by Crippen LogP contribution is -2.18. The summed E-state index contributed by atoms with van der Waals surface area (Å²) in [5.74, 6) is 0. The van der Waals surface area contributed by atoms with E-state index in [1.165, 1.54) is 0 Å². The molecule has 0 aliphatic rings. The number of nitrogens with two attached hydrogens (primary N) is 1. The maximum Gasteiger partial charge on any atom is 0.0616 e. The van der Waals surface area contributed by atoms with Gasteiger partial charge in [-0.05, 0) is 31.2 Å². The standard InChI is InChI=1S/C14H15Cl2N3/c1-9-4-3-5-10(18-9)8-19(2)14-7-12(16)11(15)6-13(14)17/h3-7H,8,17H2,1-2H3. The largest absolute Gasteiger partial charge is 0.397 e. The maximum absolute atomic E-state index is 6.03. The van der Waals surface area contributed by atoms with Gasteiger partial charge in [-0.1, -0.05) is 29.3 Å². The molecule has 0 bridgehead atoms. The second-order valence-corrected chi connectivity index (χ2v) is 5.27. The number of nitrogens with zero attached hydrogens (tertiary/aromatic N) is 2. The molecule has 0 radical (unpaired) electrons. The molecule has 2 rings (SSSR count). The minimum Gasteiger partial charge on any atom is -0.397 e. The third kappa shape index (κ3) is 3.31. The molecule has 1 aromatic carbocycles. The number of anilines is 2. The van der Waals surface area contributed by atoms with E-state index in [4.69, 9.17) is 28.9 Å². The fourth-order valence-electron chi connectivity index (χ4n) is 1.90. The Bertz CT molecular complexity index is 599. The van der Waals surface area contributed by atoms with Crippen molar-refractivity contribution in [2.75, 3.05) is 17.7 Å². The molecule has 1 heterocycles. The van der Waals surface area contributed by atoms with Gasteiger partial charge in [-0.2, -0.15) is 0 Å². The third-order valence-electron chi connectivity index (χ3n) is 2.83. The maximum atomic E-state index is 6.03. The predicted octanol–water partition coefficient (Wildman–Crippen LogP) is 3.92. The Morgan fingerprint density at radius 2 is 1.89 bits per heavy atom. The molecule has 0 aliphatic heterocycles. The van der Waals surface area contributed by atoms with Crippen LogP contribution in [0.15, 0.2) is 30.3 Å². The minimum atomic E-state index is 0.463. The molecule has 2 N–H and O–H groups in total. The van der Waals surface area contributed by atoms with Crippen molar-refractivity contribution in [2.24, 2.45) is 0 Å². The Labute approximate surface area is 123 Å². The zero-order valence-corrected chi connectivity index (χ0v) is 12.3. The predicted molar refractivity (Wildman–Crippen MR) is 82.0 cm³/mol. The van der Waals surface area contributed by atoms with Crippen LogP contribution in [0.3, 0.4) is 0 Å². The van der Waals surface area contributed by atoms with Crippen LogP contribution < -0.4 is 10.6 Å². The molecule has 0 atom stereocenters. The van der Waals surface area contributed by atoms with E-state index in [0.717, 1.165) is 17.1 Å². The zero-order valence-electron chi connectivity index (χ0n) is 10.8. The van der Waals surface area contributed by atoms with Gasteiger partial charge in [0.15, 0.2) is 0 Å². The molecule has 19 heavy (non-hydrogen) atoms.